The molecule has 0 aliphatic carbocycles. The Morgan fingerprint density at radius 2 is 2.14 bits per heavy atom. The topological polar surface area (TPSA) is 32.8 Å². The molecule has 4 nitrogen and oxygen atoms in total. The Kier molecular flexibility index (Phi) is 4.64. The Bertz CT molecular complexity index is 517. The van der Waals surface area contributed by atoms with E-state index in [2.05, 4.69) is 0 Å². The number of rotatable bonds is 3. The monoisotopic (exact) mass is 294 g/mol. The lowest BCUT2D eigenvalue weighted by atomic mass is 10.0. The van der Waals surface area contributed by atoms with Crippen molar-refractivity contribution in [1.29, 1.82) is 0 Å². The van der Waals surface area contributed by atoms with E-state index >= 15 is 0 Å². The van der Waals surface area contributed by atoms with Crippen molar-refractivity contribution in [3.63, 3.8) is 0 Å². The molecule has 1 aliphatic heterocycles. The van der Waals surface area contributed by atoms with Crippen LogP contribution in [0.25, 0.3) is 0 Å². The van der Waals surface area contributed by atoms with E-state index < -0.39 is 6.04 Å². The van der Waals surface area contributed by atoms with Crippen LogP contribution >= 0.6 is 0 Å². The predicted octanol–water partition coefficient (Wildman–Crippen LogP) is 2.07. The van der Waals surface area contributed by atoms with Crippen molar-refractivity contribution in [2.75, 3.05) is 33.8 Å². The fraction of sp³-hybridized carbons (Fsp3) is 0.562. The summed E-state index contributed by atoms with van der Waals surface area (Å²) in [5.41, 5.74) is 0.335. The Hall–Kier alpha value is -1.46. The molecule has 5 heteroatoms. The molecule has 116 valence electrons. The lowest BCUT2D eigenvalue weighted by Crippen LogP contribution is -2.53. The molecule has 1 aliphatic rings. The first-order chi connectivity index (χ1) is 9.80. The molecule has 1 saturated heterocycles. The highest BCUT2D eigenvalue weighted by Crippen LogP contribution is 2.25. The third-order valence-electron chi connectivity index (χ3n) is 3.65. The number of amides is 1. The summed E-state index contributed by atoms with van der Waals surface area (Å²) in [6, 6.07) is 5.76. The minimum Gasteiger partial charge on any atom is -0.372 e. The van der Waals surface area contributed by atoms with Crippen LogP contribution in [0.2, 0.25) is 0 Å². The van der Waals surface area contributed by atoms with Gasteiger partial charge >= 0.3 is 0 Å². The molecular formula is C16H23FN2O2. The van der Waals surface area contributed by atoms with Crippen molar-refractivity contribution < 1.29 is 13.9 Å². The third-order valence-corrected chi connectivity index (χ3v) is 3.65. The molecule has 0 spiro atoms. The molecule has 0 N–H and O–H groups in total. The van der Waals surface area contributed by atoms with Crippen molar-refractivity contribution in [1.82, 2.24) is 9.80 Å². The second-order valence-corrected chi connectivity index (χ2v) is 6.29. The Morgan fingerprint density at radius 3 is 2.71 bits per heavy atom. The van der Waals surface area contributed by atoms with E-state index in [0.717, 1.165) is 0 Å². The second-order valence-electron chi connectivity index (χ2n) is 6.29. The van der Waals surface area contributed by atoms with Gasteiger partial charge in [-0.05, 0) is 45.6 Å². The fourth-order valence-electron chi connectivity index (χ4n) is 2.72. The van der Waals surface area contributed by atoms with Gasteiger partial charge in [0.1, 0.15) is 11.9 Å². The van der Waals surface area contributed by atoms with E-state index in [1.54, 1.807) is 17.0 Å². The highest BCUT2D eigenvalue weighted by molar-refractivity contribution is 5.83. The first kappa shape index (κ1) is 15.9. The number of ether oxygens (including phenoxy) is 1. The highest BCUT2D eigenvalue weighted by atomic mass is 19.1. The molecule has 0 aromatic heterocycles. The molecule has 1 atom stereocenters. The normalized spacial score (nSPS) is 19.6. The van der Waals surface area contributed by atoms with Gasteiger partial charge in [-0.3, -0.25) is 9.69 Å². The standard InChI is InChI=1S/C16H23FN2O2/c1-16(2)11-19(8-9-21-16)15(20)14(18(3)4)12-6-5-7-13(17)10-12/h5-7,10,14H,8-9,11H2,1-4H3/t14-/m1/s1. The summed E-state index contributed by atoms with van der Waals surface area (Å²) >= 11 is 0. The first-order valence-corrected chi connectivity index (χ1v) is 7.15. The van der Waals surface area contributed by atoms with Crippen molar-refractivity contribution in [2.45, 2.75) is 25.5 Å². The van der Waals surface area contributed by atoms with Crippen LogP contribution in [0.5, 0.6) is 0 Å². The van der Waals surface area contributed by atoms with E-state index in [1.807, 2.05) is 32.8 Å². The molecule has 2 rings (SSSR count). The average Bonchev–Trinajstić information content (AvgIpc) is 2.37. The fourth-order valence-corrected chi connectivity index (χ4v) is 2.72. The molecule has 1 amide bonds. The van der Waals surface area contributed by atoms with E-state index in [-0.39, 0.29) is 17.3 Å². The maximum Gasteiger partial charge on any atom is 0.244 e. The van der Waals surface area contributed by atoms with Gasteiger partial charge in [0.15, 0.2) is 0 Å². The number of hydrogen-bond acceptors (Lipinski definition) is 3. The van der Waals surface area contributed by atoms with Gasteiger partial charge in [-0.15, -0.1) is 0 Å². The largest absolute Gasteiger partial charge is 0.372 e. The van der Waals surface area contributed by atoms with E-state index in [9.17, 15) is 9.18 Å². The number of halogens is 1. The average molecular weight is 294 g/mol. The molecule has 0 bridgehead atoms. The molecular weight excluding hydrogens is 271 g/mol. The molecule has 0 unspecified atom stereocenters. The Morgan fingerprint density at radius 1 is 1.43 bits per heavy atom. The van der Waals surface area contributed by atoms with Crippen LogP contribution in [0.4, 0.5) is 4.39 Å². The van der Waals surface area contributed by atoms with Gasteiger partial charge in [0.05, 0.1) is 12.2 Å². The molecule has 21 heavy (non-hydrogen) atoms. The smallest absolute Gasteiger partial charge is 0.244 e. The summed E-state index contributed by atoms with van der Waals surface area (Å²) in [7, 11) is 3.66. The van der Waals surface area contributed by atoms with Crippen LogP contribution in [0, 0.1) is 5.82 Å². The van der Waals surface area contributed by atoms with Crippen LogP contribution in [0.15, 0.2) is 24.3 Å². The van der Waals surface area contributed by atoms with Crippen molar-refractivity contribution in [3.8, 4) is 0 Å². The van der Waals surface area contributed by atoms with Crippen LogP contribution in [0.3, 0.4) is 0 Å². The number of morpholine rings is 1. The molecule has 1 aromatic carbocycles. The zero-order valence-electron chi connectivity index (χ0n) is 13.1. The van der Waals surface area contributed by atoms with Crippen LogP contribution in [-0.2, 0) is 9.53 Å². The first-order valence-electron chi connectivity index (χ1n) is 7.15. The SMILES string of the molecule is CN(C)[C@@H](C(=O)N1CCOC(C)(C)C1)c1cccc(F)c1. The molecule has 0 radical (unpaired) electrons. The number of carbonyl (C=O) groups excluding carboxylic acids is 1. The quantitative estimate of drug-likeness (QED) is 0.855. The van der Waals surface area contributed by atoms with Gasteiger partial charge in [-0.25, -0.2) is 4.39 Å². The molecule has 1 aromatic rings. The van der Waals surface area contributed by atoms with Gasteiger partial charge in [-0.2, -0.15) is 0 Å². The summed E-state index contributed by atoms with van der Waals surface area (Å²) in [5, 5.41) is 0. The van der Waals surface area contributed by atoms with Crippen molar-refractivity contribution >= 4 is 5.91 Å². The molecule has 1 heterocycles. The molecule has 1 fully saturated rings. The Balaban J connectivity index is 2.24. The maximum absolute atomic E-state index is 13.5. The summed E-state index contributed by atoms with van der Waals surface area (Å²) in [6.45, 7) is 5.59. The maximum atomic E-state index is 13.5. The summed E-state index contributed by atoms with van der Waals surface area (Å²) in [6.07, 6.45) is 0. The van der Waals surface area contributed by atoms with E-state index in [1.165, 1.54) is 12.1 Å². The number of carbonyl (C=O) groups is 1. The van der Waals surface area contributed by atoms with Crippen molar-refractivity contribution in [3.05, 3.63) is 35.6 Å². The van der Waals surface area contributed by atoms with Gasteiger partial charge in [0.2, 0.25) is 5.91 Å². The lowest BCUT2D eigenvalue weighted by Gasteiger charge is -2.40. The van der Waals surface area contributed by atoms with Gasteiger partial charge in [-0.1, -0.05) is 12.1 Å². The minimum absolute atomic E-state index is 0.0121. The van der Waals surface area contributed by atoms with Gasteiger partial charge < -0.3 is 9.64 Å². The number of benzene rings is 1. The van der Waals surface area contributed by atoms with E-state index in [0.29, 0.717) is 25.3 Å². The second kappa shape index (κ2) is 6.12. The van der Waals surface area contributed by atoms with Crippen LogP contribution in [0.1, 0.15) is 25.5 Å². The zero-order valence-corrected chi connectivity index (χ0v) is 13.1. The van der Waals surface area contributed by atoms with Gasteiger partial charge in [0.25, 0.3) is 0 Å². The third kappa shape index (κ3) is 3.80. The minimum atomic E-state index is -0.477. The van der Waals surface area contributed by atoms with Crippen LogP contribution in [-0.4, -0.2) is 55.1 Å². The summed E-state index contributed by atoms with van der Waals surface area (Å²) < 4.78 is 19.1. The van der Waals surface area contributed by atoms with E-state index in [4.69, 9.17) is 4.74 Å². The molecule has 0 saturated carbocycles. The predicted molar refractivity (Wildman–Crippen MR) is 79.4 cm³/mol. The number of hydrogen-bond donors (Lipinski definition) is 0. The van der Waals surface area contributed by atoms with Crippen LogP contribution < -0.4 is 0 Å². The number of likely N-dealkylation sites (N-methyl/N-ethyl adjacent to an activating group) is 1. The number of nitrogens with zero attached hydrogens (tertiary/aromatic N) is 2. The van der Waals surface area contributed by atoms with Gasteiger partial charge in [0, 0.05) is 13.1 Å². The zero-order chi connectivity index (χ0) is 15.6. The van der Waals surface area contributed by atoms with Crippen molar-refractivity contribution in [2.24, 2.45) is 0 Å². The summed E-state index contributed by atoms with van der Waals surface area (Å²) in [5.74, 6) is -0.337. The lowest BCUT2D eigenvalue weighted by molar-refractivity contribution is -0.150. The summed E-state index contributed by atoms with van der Waals surface area (Å²) in [4.78, 5) is 16.5. The highest BCUT2D eigenvalue weighted by Gasteiger charge is 2.34. The Labute approximate surface area is 125 Å².